The Hall–Kier alpha value is -3.21. The standard InChI is InChI=1S/C20H15ClN6S/c1-11-4-3-5-12(2)16(11)26-20-27-17-18(23-10-24-19(17)28-20)25-14-7-6-13(9-22)15(21)8-14/h3-8,10H,1-2H3,(H,26,27)(H,23,24,25). The zero-order valence-electron chi connectivity index (χ0n) is 15.1. The van der Waals surface area contributed by atoms with Crippen molar-refractivity contribution in [2.24, 2.45) is 0 Å². The second-order valence-corrected chi connectivity index (χ2v) is 7.60. The van der Waals surface area contributed by atoms with E-state index in [4.69, 9.17) is 16.9 Å². The number of fused-ring (bicyclic) bond motifs is 1. The Labute approximate surface area is 170 Å². The summed E-state index contributed by atoms with van der Waals surface area (Å²) in [4.78, 5) is 14.1. The first-order chi connectivity index (χ1) is 13.5. The molecule has 0 amide bonds. The van der Waals surface area contributed by atoms with E-state index in [1.807, 2.05) is 12.1 Å². The molecule has 4 aromatic rings. The maximum absolute atomic E-state index is 9.01. The van der Waals surface area contributed by atoms with Crippen molar-refractivity contribution in [3.05, 3.63) is 64.4 Å². The van der Waals surface area contributed by atoms with E-state index in [2.05, 4.69) is 51.6 Å². The summed E-state index contributed by atoms with van der Waals surface area (Å²) in [5.74, 6) is 0.580. The fourth-order valence-corrected chi connectivity index (χ4v) is 3.87. The molecular weight excluding hydrogens is 392 g/mol. The van der Waals surface area contributed by atoms with Crippen LogP contribution in [0.2, 0.25) is 5.02 Å². The Balaban J connectivity index is 1.68. The molecule has 0 fully saturated rings. The zero-order chi connectivity index (χ0) is 19.7. The molecule has 28 heavy (non-hydrogen) atoms. The van der Waals surface area contributed by atoms with E-state index in [0.29, 0.717) is 21.9 Å². The first kappa shape index (κ1) is 18.2. The minimum Gasteiger partial charge on any atom is -0.338 e. The van der Waals surface area contributed by atoms with Gasteiger partial charge in [-0.05, 0) is 43.2 Å². The van der Waals surface area contributed by atoms with Crippen LogP contribution in [0.25, 0.3) is 10.3 Å². The monoisotopic (exact) mass is 406 g/mol. The van der Waals surface area contributed by atoms with Crippen molar-refractivity contribution in [1.82, 2.24) is 15.0 Å². The molecule has 2 aromatic heterocycles. The SMILES string of the molecule is Cc1cccc(C)c1Nc1nc2c(Nc3ccc(C#N)c(Cl)c3)ncnc2s1. The number of nitriles is 1. The minimum absolute atomic E-state index is 0.383. The van der Waals surface area contributed by atoms with Crippen molar-refractivity contribution in [3.63, 3.8) is 0 Å². The van der Waals surface area contributed by atoms with Gasteiger partial charge in [0.15, 0.2) is 15.8 Å². The average Bonchev–Trinajstić information content (AvgIpc) is 3.09. The maximum Gasteiger partial charge on any atom is 0.189 e. The average molecular weight is 407 g/mol. The first-order valence-corrected chi connectivity index (χ1v) is 9.66. The lowest BCUT2D eigenvalue weighted by atomic mass is 10.1. The second-order valence-electron chi connectivity index (χ2n) is 6.22. The Morgan fingerprint density at radius 2 is 1.86 bits per heavy atom. The summed E-state index contributed by atoms with van der Waals surface area (Å²) in [6.07, 6.45) is 1.50. The van der Waals surface area contributed by atoms with Crippen LogP contribution < -0.4 is 10.6 Å². The molecule has 6 nitrogen and oxygen atoms in total. The number of benzene rings is 2. The van der Waals surface area contributed by atoms with E-state index in [0.717, 1.165) is 32.5 Å². The molecule has 0 aliphatic carbocycles. The highest BCUT2D eigenvalue weighted by molar-refractivity contribution is 7.21. The van der Waals surface area contributed by atoms with E-state index in [1.54, 1.807) is 18.2 Å². The predicted molar refractivity (Wildman–Crippen MR) is 114 cm³/mol. The quantitative estimate of drug-likeness (QED) is 0.451. The van der Waals surface area contributed by atoms with E-state index in [-0.39, 0.29) is 0 Å². The number of hydrogen-bond donors (Lipinski definition) is 2. The molecule has 2 N–H and O–H groups in total. The van der Waals surface area contributed by atoms with Crippen LogP contribution in [0.4, 0.5) is 22.3 Å². The predicted octanol–water partition coefficient (Wildman–Crippen LogP) is 5.72. The normalized spacial score (nSPS) is 10.6. The van der Waals surface area contributed by atoms with Gasteiger partial charge in [0.2, 0.25) is 0 Å². The molecule has 0 saturated heterocycles. The fraction of sp³-hybridized carbons (Fsp3) is 0.100. The first-order valence-electron chi connectivity index (χ1n) is 8.46. The van der Waals surface area contributed by atoms with Crippen LogP contribution in [-0.2, 0) is 0 Å². The summed E-state index contributed by atoms with van der Waals surface area (Å²) in [5, 5.41) is 16.7. The molecule has 2 heterocycles. The zero-order valence-corrected chi connectivity index (χ0v) is 16.7. The highest BCUT2D eigenvalue weighted by Crippen LogP contribution is 2.33. The van der Waals surface area contributed by atoms with Gasteiger partial charge in [-0.2, -0.15) is 5.26 Å². The largest absolute Gasteiger partial charge is 0.338 e. The molecule has 0 unspecified atom stereocenters. The van der Waals surface area contributed by atoms with Gasteiger partial charge in [-0.3, -0.25) is 0 Å². The van der Waals surface area contributed by atoms with E-state index >= 15 is 0 Å². The van der Waals surface area contributed by atoms with Gasteiger partial charge >= 0.3 is 0 Å². The van der Waals surface area contributed by atoms with E-state index in [1.165, 1.54) is 17.7 Å². The van der Waals surface area contributed by atoms with Crippen LogP contribution in [0.5, 0.6) is 0 Å². The number of anilines is 4. The van der Waals surface area contributed by atoms with Crippen molar-refractivity contribution < 1.29 is 0 Å². The third-order valence-corrected chi connectivity index (χ3v) is 5.45. The van der Waals surface area contributed by atoms with Gasteiger partial charge in [0, 0.05) is 11.4 Å². The third kappa shape index (κ3) is 3.48. The van der Waals surface area contributed by atoms with Gasteiger partial charge < -0.3 is 10.6 Å². The van der Waals surface area contributed by atoms with E-state index < -0.39 is 0 Å². The number of aromatic nitrogens is 3. The number of rotatable bonds is 4. The number of hydrogen-bond acceptors (Lipinski definition) is 7. The summed E-state index contributed by atoms with van der Waals surface area (Å²) < 4.78 is 0. The smallest absolute Gasteiger partial charge is 0.189 e. The van der Waals surface area contributed by atoms with Crippen LogP contribution >= 0.6 is 22.9 Å². The Morgan fingerprint density at radius 1 is 1.07 bits per heavy atom. The highest BCUT2D eigenvalue weighted by Gasteiger charge is 2.13. The molecule has 8 heteroatoms. The molecule has 138 valence electrons. The number of thiazole rings is 1. The van der Waals surface area contributed by atoms with Crippen molar-refractivity contribution in [2.45, 2.75) is 13.8 Å². The van der Waals surface area contributed by atoms with Crippen LogP contribution in [0, 0.1) is 25.2 Å². The van der Waals surface area contributed by atoms with Crippen molar-refractivity contribution >= 4 is 55.6 Å². The molecule has 0 bridgehead atoms. The van der Waals surface area contributed by atoms with Crippen LogP contribution in [-0.4, -0.2) is 15.0 Å². The van der Waals surface area contributed by atoms with Gasteiger partial charge in [0.1, 0.15) is 17.9 Å². The number of aryl methyl sites for hydroxylation is 2. The van der Waals surface area contributed by atoms with Crippen molar-refractivity contribution in [2.75, 3.05) is 10.6 Å². The van der Waals surface area contributed by atoms with Crippen LogP contribution in [0.15, 0.2) is 42.7 Å². The number of halogens is 1. The van der Waals surface area contributed by atoms with Gasteiger partial charge in [0.05, 0.1) is 10.6 Å². The summed E-state index contributed by atoms with van der Waals surface area (Å²) >= 11 is 7.58. The number of para-hydroxylation sites is 1. The molecule has 0 saturated carbocycles. The lowest BCUT2D eigenvalue weighted by molar-refractivity contribution is 1.21. The van der Waals surface area contributed by atoms with Crippen LogP contribution in [0.3, 0.4) is 0 Å². The van der Waals surface area contributed by atoms with Crippen LogP contribution in [0.1, 0.15) is 16.7 Å². The third-order valence-electron chi connectivity index (χ3n) is 4.26. The van der Waals surface area contributed by atoms with Gasteiger partial charge in [0.25, 0.3) is 0 Å². The van der Waals surface area contributed by atoms with E-state index in [9.17, 15) is 0 Å². The molecule has 2 aromatic carbocycles. The Morgan fingerprint density at radius 3 is 2.57 bits per heavy atom. The summed E-state index contributed by atoms with van der Waals surface area (Å²) in [6, 6.07) is 13.3. The molecular formula is C20H15ClN6S. The van der Waals surface area contributed by atoms with Gasteiger partial charge in [-0.1, -0.05) is 41.1 Å². The fourth-order valence-electron chi connectivity index (χ4n) is 2.84. The molecule has 0 radical (unpaired) electrons. The molecule has 0 spiro atoms. The Bertz CT molecular complexity index is 1210. The highest BCUT2D eigenvalue weighted by atomic mass is 35.5. The number of nitrogens with one attached hydrogen (secondary N) is 2. The topological polar surface area (TPSA) is 86.5 Å². The number of nitrogens with zero attached hydrogens (tertiary/aromatic N) is 4. The minimum atomic E-state index is 0.383. The Kier molecular flexibility index (Phi) is 4.82. The molecule has 4 rings (SSSR count). The van der Waals surface area contributed by atoms with Gasteiger partial charge in [-0.25, -0.2) is 15.0 Å². The molecule has 0 aliphatic heterocycles. The molecule has 0 aliphatic rings. The van der Waals surface area contributed by atoms with Crippen molar-refractivity contribution in [3.8, 4) is 6.07 Å². The molecule has 0 atom stereocenters. The maximum atomic E-state index is 9.01. The summed E-state index contributed by atoms with van der Waals surface area (Å²) in [6.45, 7) is 4.12. The second kappa shape index (κ2) is 7.43. The lowest BCUT2D eigenvalue weighted by Gasteiger charge is -2.09. The summed E-state index contributed by atoms with van der Waals surface area (Å²) in [5.41, 5.74) is 5.16. The van der Waals surface area contributed by atoms with Crippen molar-refractivity contribution in [1.29, 1.82) is 5.26 Å². The summed E-state index contributed by atoms with van der Waals surface area (Å²) in [7, 11) is 0. The lowest BCUT2D eigenvalue weighted by Crippen LogP contribution is -1.97. The van der Waals surface area contributed by atoms with Gasteiger partial charge in [-0.15, -0.1) is 0 Å².